The summed E-state index contributed by atoms with van der Waals surface area (Å²) in [5, 5.41) is 14.7. The fourth-order valence-corrected chi connectivity index (χ4v) is 2.56. The summed E-state index contributed by atoms with van der Waals surface area (Å²) in [5.74, 6) is -0.965. The number of ether oxygens (including phenoxy) is 2. The Hall–Kier alpha value is -1.34. The van der Waals surface area contributed by atoms with Crippen molar-refractivity contribution in [1.29, 1.82) is 0 Å². The molecule has 1 saturated heterocycles. The van der Waals surface area contributed by atoms with E-state index in [2.05, 4.69) is 10.6 Å². The van der Waals surface area contributed by atoms with Gasteiger partial charge in [-0.1, -0.05) is 0 Å². The van der Waals surface area contributed by atoms with Crippen molar-refractivity contribution in [2.24, 2.45) is 5.41 Å². The molecule has 0 bridgehead atoms. The van der Waals surface area contributed by atoms with E-state index in [-0.39, 0.29) is 24.8 Å². The Morgan fingerprint density at radius 2 is 2.15 bits per heavy atom. The second-order valence-electron chi connectivity index (χ2n) is 5.86. The molecule has 1 saturated carbocycles. The zero-order valence-electron chi connectivity index (χ0n) is 11.9. The van der Waals surface area contributed by atoms with Crippen LogP contribution in [0.25, 0.3) is 0 Å². The van der Waals surface area contributed by atoms with Gasteiger partial charge in [-0.05, 0) is 26.2 Å². The van der Waals surface area contributed by atoms with Crippen LogP contribution in [-0.4, -0.2) is 55.6 Å². The fourth-order valence-electron chi connectivity index (χ4n) is 2.56. The maximum absolute atomic E-state index is 11.9. The van der Waals surface area contributed by atoms with Crippen LogP contribution in [0.3, 0.4) is 0 Å². The quantitative estimate of drug-likeness (QED) is 0.677. The summed E-state index contributed by atoms with van der Waals surface area (Å²) in [6.07, 6.45) is 2.97. The maximum atomic E-state index is 11.9. The predicted molar refractivity (Wildman–Crippen MR) is 70.5 cm³/mol. The second-order valence-corrected chi connectivity index (χ2v) is 5.86. The molecular formula is C13H22N2O5. The smallest absolute Gasteiger partial charge is 0.315 e. The molecular weight excluding hydrogens is 264 g/mol. The lowest BCUT2D eigenvalue weighted by Gasteiger charge is -2.40. The number of aliphatic carboxylic acids is 1. The van der Waals surface area contributed by atoms with Gasteiger partial charge in [0.2, 0.25) is 0 Å². The predicted octanol–water partition coefficient (Wildman–Crippen LogP) is 0.344. The van der Waals surface area contributed by atoms with E-state index < -0.39 is 17.4 Å². The highest BCUT2D eigenvalue weighted by atomic mass is 16.5. The zero-order valence-corrected chi connectivity index (χ0v) is 11.9. The summed E-state index contributed by atoms with van der Waals surface area (Å²) >= 11 is 0. The number of carboxylic acid groups (broad SMARTS) is 1. The highest BCUT2D eigenvalue weighted by Gasteiger charge is 2.47. The molecule has 0 aromatic heterocycles. The van der Waals surface area contributed by atoms with E-state index in [1.165, 1.54) is 0 Å². The van der Waals surface area contributed by atoms with Crippen LogP contribution in [0.5, 0.6) is 0 Å². The summed E-state index contributed by atoms with van der Waals surface area (Å²) in [6, 6.07) is -0.906. The number of urea groups is 1. The first-order chi connectivity index (χ1) is 9.42. The lowest BCUT2D eigenvalue weighted by Crippen LogP contribution is -2.56. The summed E-state index contributed by atoms with van der Waals surface area (Å²) in [7, 11) is 1.64. The normalized spacial score (nSPS) is 31.4. The van der Waals surface area contributed by atoms with Gasteiger partial charge in [-0.3, -0.25) is 4.79 Å². The Labute approximate surface area is 118 Å². The van der Waals surface area contributed by atoms with Crippen LogP contribution in [0.15, 0.2) is 0 Å². The first kappa shape index (κ1) is 15.1. The van der Waals surface area contributed by atoms with E-state index in [9.17, 15) is 14.7 Å². The standard InChI is InChI=1S/C13H22N2O5/c1-12(10(16)17)8-20-6-9(12)15-11(18)14-7-13(19-2)4-3-5-13/h9H,3-8H2,1-2H3,(H,16,17)(H2,14,15,18). The Bertz CT molecular complexity index is 391. The number of hydrogen-bond donors (Lipinski definition) is 3. The third-order valence-corrected chi connectivity index (χ3v) is 4.52. The molecule has 7 heteroatoms. The fraction of sp³-hybridized carbons (Fsp3) is 0.846. The van der Waals surface area contributed by atoms with E-state index in [0.29, 0.717) is 6.54 Å². The molecule has 0 aromatic carbocycles. The Kier molecular flexibility index (Phi) is 4.19. The summed E-state index contributed by atoms with van der Waals surface area (Å²) < 4.78 is 10.6. The first-order valence-corrected chi connectivity index (χ1v) is 6.82. The van der Waals surface area contributed by atoms with Gasteiger partial charge in [0.1, 0.15) is 5.41 Å². The van der Waals surface area contributed by atoms with Crippen LogP contribution in [0.4, 0.5) is 4.79 Å². The van der Waals surface area contributed by atoms with E-state index in [1.807, 2.05) is 0 Å². The monoisotopic (exact) mass is 286 g/mol. The average molecular weight is 286 g/mol. The molecule has 0 radical (unpaired) electrons. The van der Waals surface area contributed by atoms with Crippen LogP contribution in [0, 0.1) is 5.41 Å². The molecule has 114 valence electrons. The van der Waals surface area contributed by atoms with Gasteiger partial charge in [0.15, 0.2) is 0 Å². The topological polar surface area (TPSA) is 96.9 Å². The molecule has 2 aliphatic rings. The molecule has 2 unspecified atom stereocenters. The molecule has 1 heterocycles. The molecule has 2 amide bonds. The Balaban J connectivity index is 1.84. The van der Waals surface area contributed by atoms with Crippen molar-refractivity contribution in [2.45, 2.75) is 37.8 Å². The van der Waals surface area contributed by atoms with Crippen molar-refractivity contribution in [1.82, 2.24) is 10.6 Å². The van der Waals surface area contributed by atoms with Crippen molar-refractivity contribution in [3.8, 4) is 0 Å². The first-order valence-electron chi connectivity index (χ1n) is 6.82. The van der Waals surface area contributed by atoms with Gasteiger partial charge in [-0.15, -0.1) is 0 Å². The Morgan fingerprint density at radius 3 is 2.65 bits per heavy atom. The molecule has 3 N–H and O–H groups in total. The van der Waals surface area contributed by atoms with E-state index >= 15 is 0 Å². The third kappa shape index (κ3) is 2.73. The molecule has 0 aromatic rings. The van der Waals surface area contributed by atoms with Crippen LogP contribution >= 0.6 is 0 Å². The van der Waals surface area contributed by atoms with E-state index in [0.717, 1.165) is 19.3 Å². The minimum Gasteiger partial charge on any atom is -0.481 e. The Morgan fingerprint density at radius 1 is 1.45 bits per heavy atom. The van der Waals surface area contributed by atoms with Crippen molar-refractivity contribution < 1.29 is 24.2 Å². The minimum absolute atomic E-state index is 0.106. The molecule has 2 atom stereocenters. The number of carbonyl (C=O) groups excluding carboxylic acids is 1. The molecule has 1 aliphatic heterocycles. The van der Waals surface area contributed by atoms with Crippen LogP contribution in [0.1, 0.15) is 26.2 Å². The summed E-state index contributed by atoms with van der Waals surface area (Å²) in [4.78, 5) is 23.1. The third-order valence-electron chi connectivity index (χ3n) is 4.52. The summed E-state index contributed by atoms with van der Waals surface area (Å²) in [5.41, 5.74) is -1.33. The van der Waals surface area contributed by atoms with Gasteiger partial charge in [0, 0.05) is 13.7 Å². The summed E-state index contributed by atoms with van der Waals surface area (Å²) in [6.45, 7) is 2.34. The van der Waals surface area contributed by atoms with Gasteiger partial charge >= 0.3 is 12.0 Å². The molecule has 2 rings (SSSR count). The van der Waals surface area contributed by atoms with Gasteiger partial charge < -0.3 is 25.2 Å². The van der Waals surface area contributed by atoms with Crippen LogP contribution < -0.4 is 10.6 Å². The molecule has 0 spiro atoms. The van der Waals surface area contributed by atoms with Gasteiger partial charge in [-0.25, -0.2) is 4.79 Å². The zero-order chi connectivity index (χ0) is 14.8. The van der Waals surface area contributed by atoms with Crippen LogP contribution in [0.2, 0.25) is 0 Å². The molecule has 1 aliphatic carbocycles. The van der Waals surface area contributed by atoms with Crippen LogP contribution in [-0.2, 0) is 14.3 Å². The average Bonchev–Trinajstić information content (AvgIpc) is 2.71. The number of methoxy groups -OCH3 is 1. The molecule has 20 heavy (non-hydrogen) atoms. The highest BCUT2D eigenvalue weighted by Crippen LogP contribution is 2.34. The maximum Gasteiger partial charge on any atom is 0.315 e. The van der Waals surface area contributed by atoms with Crippen molar-refractivity contribution in [3.05, 3.63) is 0 Å². The number of amides is 2. The number of rotatable bonds is 5. The number of nitrogens with one attached hydrogen (secondary N) is 2. The van der Waals surface area contributed by atoms with Crippen molar-refractivity contribution >= 4 is 12.0 Å². The van der Waals surface area contributed by atoms with E-state index in [1.54, 1.807) is 14.0 Å². The number of hydrogen-bond acceptors (Lipinski definition) is 4. The lowest BCUT2D eigenvalue weighted by atomic mass is 9.80. The number of carboxylic acids is 1. The van der Waals surface area contributed by atoms with Gasteiger partial charge in [0.05, 0.1) is 24.9 Å². The van der Waals surface area contributed by atoms with Crippen molar-refractivity contribution in [2.75, 3.05) is 26.9 Å². The second kappa shape index (κ2) is 5.57. The molecule has 2 fully saturated rings. The number of carbonyl (C=O) groups is 2. The SMILES string of the molecule is COC1(CNC(=O)NC2COCC2(C)C(=O)O)CCC1. The lowest BCUT2D eigenvalue weighted by molar-refractivity contribution is -0.148. The largest absolute Gasteiger partial charge is 0.481 e. The van der Waals surface area contributed by atoms with E-state index in [4.69, 9.17) is 9.47 Å². The minimum atomic E-state index is -1.08. The van der Waals surface area contributed by atoms with Gasteiger partial charge in [-0.2, -0.15) is 0 Å². The van der Waals surface area contributed by atoms with Crippen molar-refractivity contribution in [3.63, 3.8) is 0 Å². The highest BCUT2D eigenvalue weighted by molar-refractivity contribution is 5.79. The van der Waals surface area contributed by atoms with Gasteiger partial charge in [0.25, 0.3) is 0 Å². The molecule has 7 nitrogen and oxygen atoms in total.